The van der Waals surface area contributed by atoms with Crippen LogP contribution >= 0.6 is 0 Å². The molecular weight excluding hydrogens is 288 g/mol. The molecule has 23 heavy (non-hydrogen) atoms. The molecule has 1 aliphatic carbocycles. The van der Waals surface area contributed by atoms with Gasteiger partial charge in [0.15, 0.2) is 5.82 Å². The van der Waals surface area contributed by atoms with Crippen LogP contribution in [0.1, 0.15) is 13.8 Å². The molecule has 5 heteroatoms. The number of hydrogen-bond acceptors (Lipinski definition) is 3. The summed E-state index contributed by atoms with van der Waals surface area (Å²) in [5, 5.41) is 2.89. The maximum absolute atomic E-state index is 12.3. The molecule has 4 rings (SSSR count). The van der Waals surface area contributed by atoms with Crippen LogP contribution in [0.3, 0.4) is 0 Å². The van der Waals surface area contributed by atoms with E-state index in [-0.39, 0.29) is 6.03 Å². The number of fused-ring (bicyclic) bond motifs is 1. The number of carbonyl (C=O) groups excluding carboxylic acids is 1. The average molecular weight is 308 g/mol. The summed E-state index contributed by atoms with van der Waals surface area (Å²) < 4.78 is 0. The molecule has 1 aromatic heterocycles. The summed E-state index contributed by atoms with van der Waals surface area (Å²) >= 11 is 0. The molecular formula is C18H20N4O. The van der Waals surface area contributed by atoms with Crippen molar-refractivity contribution < 1.29 is 4.79 Å². The van der Waals surface area contributed by atoms with E-state index in [9.17, 15) is 4.79 Å². The molecule has 2 heterocycles. The monoisotopic (exact) mass is 308 g/mol. The Kier molecular flexibility index (Phi) is 3.11. The normalized spacial score (nSPS) is 24.2. The predicted molar refractivity (Wildman–Crippen MR) is 88.8 cm³/mol. The molecule has 2 unspecified atom stereocenters. The van der Waals surface area contributed by atoms with Crippen molar-refractivity contribution in [3.8, 4) is 11.4 Å². The van der Waals surface area contributed by atoms with Crippen LogP contribution in [0.2, 0.25) is 0 Å². The molecule has 2 amide bonds. The lowest BCUT2D eigenvalue weighted by Crippen LogP contribution is -2.36. The summed E-state index contributed by atoms with van der Waals surface area (Å²) in [7, 11) is 0. The maximum Gasteiger partial charge on any atom is 0.321 e. The van der Waals surface area contributed by atoms with Gasteiger partial charge >= 0.3 is 6.03 Å². The predicted octanol–water partition coefficient (Wildman–Crippen LogP) is 3.26. The number of carbonyl (C=O) groups is 1. The highest BCUT2D eigenvalue weighted by molar-refractivity contribution is 5.89. The van der Waals surface area contributed by atoms with Crippen molar-refractivity contribution in [3.63, 3.8) is 0 Å². The van der Waals surface area contributed by atoms with E-state index in [1.165, 1.54) is 0 Å². The third kappa shape index (κ3) is 2.46. The first-order valence-corrected chi connectivity index (χ1v) is 7.99. The number of nitrogens with one attached hydrogen (secondary N) is 1. The molecule has 2 aromatic rings. The molecule has 118 valence electrons. The van der Waals surface area contributed by atoms with Crippen LogP contribution in [0, 0.1) is 17.3 Å². The Morgan fingerprint density at radius 2 is 1.74 bits per heavy atom. The second kappa shape index (κ2) is 5.05. The maximum atomic E-state index is 12.3. The Morgan fingerprint density at radius 3 is 2.35 bits per heavy atom. The lowest BCUT2D eigenvalue weighted by molar-refractivity contribution is 0.209. The van der Waals surface area contributed by atoms with Gasteiger partial charge < -0.3 is 10.2 Å². The standard InChI is InChI=1S/C18H20N4O/c1-18(2)14-10-22(11-15(14)18)17(23)21-13-8-19-16(20-9-13)12-6-4-3-5-7-12/h3-9,14-15H,10-11H2,1-2H3,(H,21,23). The van der Waals surface area contributed by atoms with Gasteiger partial charge in [-0.1, -0.05) is 44.2 Å². The highest BCUT2D eigenvalue weighted by Crippen LogP contribution is 2.61. The number of urea groups is 1. The van der Waals surface area contributed by atoms with Crippen molar-refractivity contribution >= 4 is 11.7 Å². The third-order valence-corrected chi connectivity index (χ3v) is 5.34. The molecule has 5 nitrogen and oxygen atoms in total. The fourth-order valence-electron chi connectivity index (χ4n) is 3.63. The fourth-order valence-corrected chi connectivity index (χ4v) is 3.63. The first kappa shape index (κ1) is 14.2. The minimum Gasteiger partial charge on any atom is -0.324 e. The summed E-state index contributed by atoms with van der Waals surface area (Å²) in [5.41, 5.74) is 2.01. The van der Waals surface area contributed by atoms with Crippen molar-refractivity contribution in [2.45, 2.75) is 13.8 Å². The number of piperidine rings is 1. The van der Waals surface area contributed by atoms with Crippen LogP contribution in [0.25, 0.3) is 11.4 Å². The molecule has 0 spiro atoms. The first-order valence-electron chi connectivity index (χ1n) is 7.99. The van der Waals surface area contributed by atoms with E-state index in [1.807, 2.05) is 35.2 Å². The van der Waals surface area contributed by atoms with E-state index in [0.29, 0.717) is 28.8 Å². The molecule has 1 aliphatic heterocycles. The number of benzene rings is 1. The van der Waals surface area contributed by atoms with Crippen molar-refractivity contribution in [1.82, 2.24) is 14.9 Å². The van der Waals surface area contributed by atoms with E-state index >= 15 is 0 Å². The average Bonchev–Trinajstić information content (AvgIpc) is 2.93. The van der Waals surface area contributed by atoms with Gasteiger partial charge in [0, 0.05) is 18.7 Å². The van der Waals surface area contributed by atoms with Crippen LogP contribution in [0.4, 0.5) is 10.5 Å². The molecule has 0 bridgehead atoms. The van der Waals surface area contributed by atoms with Gasteiger partial charge in [0.05, 0.1) is 18.1 Å². The van der Waals surface area contributed by atoms with Gasteiger partial charge in [-0.3, -0.25) is 0 Å². The summed E-state index contributed by atoms with van der Waals surface area (Å²) in [6, 6.07) is 9.74. The van der Waals surface area contributed by atoms with Gasteiger partial charge in [-0.15, -0.1) is 0 Å². The van der Waals surface area contributed by atoms with Crippen molar-refractivity contribution in [1.29, 1.82) is 0 Å². The number of hydrogen-bond donors (Lipinski definition) is 1. The van der Waals surface area contributed by atoms with Crippen molar-refractivity contribution in [2.24, 2.45) is 17.3 Å². The Bertz CT molecular complexity index is 712. The van der Waals surface area contributed by atoms with Crippen molar-refractivity contribution in [2.75, 3.05) is 18.4 Å². The molecule has 1 N–H and O–H groups in total. The van der Waals surface area contributed by atoms with Gasteiger partial charge in [-0.2, -0.15) is 0 Å². The topological polar surface area (TPSA) is 58.1 Å². The summed E-state index contributed by atoms with van der Waals surface area (Å²) in [5.74, 6) is 1.97. The zero-order chi connectivity index (χ0) is 16.0. The summed E-state index contributed by atoms with van der Waals surface area (Å²) in [4.78, 5) is 22.9. The molecule has 0 radical (unpaired) electrons. The number of rotatable bonds is 2. The van der Waals surface area contributed by atoms with Crippen LogP contribution in [0.5, 0.6) is 0 Å². The van der Waals surface area contributed by atoms with Crippen LogP contribution in [-0.2, 0) is 0 Å². The molecule has 1 saturated carbocycles. The van der Waals surface area contributed by atoms with E-state index < -0.39 is 0 Å². The quantitative estimate of drug-likeness (QED) is 0.926. The van der Waals surface area contributed by atoms with Gasteiger partial charge in [-0.05, 0) is 17.3 Å². The van der Waals surface area contributed by atoms with Gasteiger partial charge in [0.25, 0.3) is 0 Å². The molecule has 1 aromatic carbocycles. The minimum atomic E-state index is -0.0518. The Labute approximate surface area is 135 Å². The highest BCUT2D eigenvalue weighted by atomic mass is 16.2. The molecule has 2 fully saturated rings. The molecule has 2 atom stereocenters. The highest BCUT2D eigenvalue weighted by Gasteiger charge is 2.62. The fraction of sp³-hybridized carbons (Fsp3) is 0.389. The largest absolute Gasteiger partial charge is 0.324 e. The Morgan fingerprint density at radius 1 is 1.13 bits per heavy atom. The van der Waals surface area contributed by atoms with Gasteiger partial charge in [0.1, 0.15) is 0 Å². The lowest BCUT2D eigenvalue weighted by Gasteiger charge is -2.22. The van der Waals surface area contributed by atoms with E-state index in [0.717, 1.165) is 18.7 Å². The number of nitrogens with zero attached hydrogens (tertiary/aromatic N) is 3. The SMILES string of the molecule is CC1(C)C2CN(C(=O)Nc3cnc(-c4ccccc4)nc3)CC21. The van der Waals surface area contributed by atoms with Crippen LogP contribution in [0.15, 0.2) is 42.7 Å². The molecule has 1 saturated heterocycles. The van der Waals surface area contributed by atoms with Crippen LogP contribution in [-0.4, -0.2) is 34.0 Å². The number of amides is 2. The number of anilines is 1. The van der Waals surface area contributed by atoms with Crippen molar-refractivity contribution in [3.05, 3.63) is 42.7 Å². The minimum absolute atomic E-state index is 0.0518. The first-order chi connectivity index (χ1) is 11.1. The third-order valence-electron chi connectivity index (χ3n) is 5.34. The van der Waals surface area contributed by atoms with Gasteiger partial charge in [-0.25, -0.2) is 14.8 Å². The van der Waals surface area contributed by atoms with Crippen LogP contribution < -0.4 is 5.32 Å². The Hall–Kier alpha value is -2.43. The van der Waals surface area contributed by atoms with Gasteiger partial charge in [0.2, 0.25) is 0 Å². The van der Waals surface area contributed by atoms with E-state index in [1.54, 1.807) is 12.4 Å². The lowest BCUT2D eigenvalue weighted by atomic mass is 10.1. The second-order valence-electron chi connectivity index (χ2n) is 7.03. The van der Waals surface area contributed by atoms with E-state index in [4.69, 9.17) is 0 Å². The number of likely N-dealkylation sites (tertiary alicyclic amines) is 1. The second-order valence-corrected chi connectivity index (χ2v) is 7.03. The molecule has 2 aliphatic rings. The Balaban J connectivity index is 1.39. The summed E-state index contributed by atoms with van der Waals surface area (Å²) in [6.45, 7) is 6.28. The smallest absolute Gasteiger partial charge is 0.321 e. The zero-order valence-electron chi connectivity index (χ0n) is 13.4. The number of aromatic nitrogens is 2. The summed E-state index contributed by atoms with van der Waals surface area (Å²) in [6.07, 6.45) is 3.32. The van der Waals surface area contributed by atoms with E-state index in [2.05, 4.69) is 29.1 Å². The zero-order valence-corrected chi connectivity index (χ0v) is 13.4.